The molecule has 1 unspecified atom stereocenters. The first-order chi connectivity index (χ1) is 10.1. The van der Waals surface area contributed by atoms with Crippen LogP contribution in [0.15, 0.2) is 36.4 Å². The minimum absolute atomic E-state index is 0.493. The monoisotopic (exact) mass is 302 g/mol. The van der Waals surface area contributed by atoms with Crippen LogP contribution in [0.2, 0.25) is 5.15 Å². The lowest BCUT2D eigenvalue weighted by atomic mass is 10.2. The lowest BCUT2D eigenvalue weighted by Gasteiger charge is -2.21. The zero-order chi connectivity index (χ0) is 14.8. The fraction of sp³-hybridized carbons (Fsp3) is 0.375. The number of likely N-dealkylation sites (N-methyl/N-ethyl adjacent to an activating group) is 1. The van der Waals surface area contributed by atoms with Crippen molar-refractivity contribution in [3.63, 3.8) is 0 Å². The summed E-state index contributed by atoms with van der Waals surface area (Å²) in [6, 6.07) is 12.4. The van der Waals surface area contributed by atoms with Gasteiger partial charge in [-0.25, -0.2) is 9.97 Å². The molecule has 1 aromatic heterocycles. The molecule has 4 nitrogen and oxygen atoms in total. The molecule has 0 amide bonds. The third-order valence-electron chi connectivity index (χ3n) is 3.93. The molecule has 0 radical (unpaired) electrons. The van der Waals surface area contributed by atoms with Gasteiger partial charge in [-0.05, 0) is 20.5 Å². The van der Waals surface area contributed by atoms with Gasteiger partial charge < -0.3 is 9.80 Å². The molecule has 1 atom stereocenters. The van der Waals surface area contributed by atoms with Crippen molar-refractivity contribution in [2.45, 2.75) is 12.5 Å². The molecule has 0 N–H and O–H groups in total. The highest BCUT2D eigenvalue weighted by Crippen LogP contribution is 2.25. The van der Waals surface area contributed by atoms with Crippen LogP contribution in [0, 0.1) is 0 Å². The second-order valence-electron chi connectivity index (χ2n) is 5.59. The van der Waals surface area contributed by atoms with Crippen LogP contribution in [-0.4, -0.2) is 48.1 Å². The molecular weight excluding hydrogens is 284 g/mol. The average molecular weight is 303 g/mol. The van der Waals surface area contributed by atoms with E-state index in [0.717, 1.165) is 30.9 Å². The summed E-state index contributed by atoms with van der Waals surface area (Å²) >= 11 is 6.19. The summed E-state index contributed by atoms with van der Waals surface area (Å²) in [6.45, 7) is 1.99. The first-order valence-electron chi connectivity index (χ1n) is 7.15. The second-order valence-corrected chi connectivity index (χ2v) is 5.98. The molecule has 0 bridgehead atoms. The Morgan fingerprint density at radius 3 is 2.62 bits per heavy atom. The first kappa shape index (κ1) is 14.3. The Kier molecular flexibility index (Phi) is 4.08. The molecule has 3 rings (SSSR count). The smallest absolute Gasteiger partial charge is 0.163 e. The summed E-state index contributed by atoms with van der Waals surface area (Å²) < 4.78 is 0. The fourth-order valence-corrected chi connectivity index (χ4v) is 2.83. The van der Waals surface area contributed by atoms with Crippen molar-refractivity contribution < 1.29 is 0 Å². The van der Waals surface area contributed by atoms with E-state index in [4.69, 9.17) is 16.6 Å². The fourth-order valence-electron chi connectivity index (χ4n) is 2.66. The van der Waals surface area contributed by atoms with Crippen molar-refractivity contribution in [2.24, 2.45) is 0 Å². The molecular formula is C16H19ClN4. The van der Waals surface area contributed by atoms with E-state index in [1.54, 1.807) is 0 Å². The number of aromatic nitrogens is 2. The molecule has 1 aliphatic rings. The highest BCUT2D eigenvalue weighted by Gasteiger charge is 2.25. The topological polar surface area (TPSA) is 32.3 Å². The third kappa shape index (κ3) is 3.17. The Labute approximate surface area is 130 Å². The Morgan fingerprint density at radius 2 is 1.95 bits per heavy atom. The third-order valence-corrected chi connectivity index (χ3v) is 4.12. The number of hydrogen-bond donors (Lipinski definition) is 0. The summed E-state index contributed by atoms with van der Waals surface area (Å²) in [6.07, 6.45) is 1.15. The lowest BCUT2D eigenvalue weighted by Crippen LogP contribution is -2.31. The second kappa shape index (κ2) is 6.00. The summed E-state index contributed by atoms with van der Waals surface area (Å²) in [7, 11) is 4.24. The van der Waals surface area contributed by atoms with E-state index < -0.39 is 0 Å². The molecule has 21 heavy (non-hydrogen) atoms. The summed E-state index contributed by atoms with van der Waals surface area (Å²) in [4.78, 5) is 13.6. The van der Waals surface area contributed by atoms with Crippen LogP contribution < -0.4 is 4.90 Å². The normalized spacial score (nSPS) is 18.5. The van der Waals surface area contributed by atoms with Crippen LogP contribution in [0.4, 0.5) is 5.82 Å². The van der Waals surface area contributed by atoms with Gasteiger partial charge in [-0.15, -0.1) is 0 Å². The maximum atomic E-state index is 6.19. The standard InChI is InChI=1S/C16H19ClN4/c1-20(2)13-8-9-21(11-13)15-10-14(17)18-16(19-15)12-6-4-3-5-7-12/h3-7,10,13H,8-9,11H2,1-2H3. The number of halogens is 1. The lowest BCUT2D eigenvalue weighted by molar-refractivity contribution is 0.315. The van der Waals surface area contributed by atoms with E-state index in [1.807, 2.05) is 36.4 Å². The van der Waals surface area contributed by atoms with Gasteiger partial charge in [0.15, 0.2) is 5.82 Å². The van der Waals surface area contributed by atoms with Crippen LogP contribution in [0.1, 0.15) is 6.42 Å². The Morgan fingerprint density at radius 1 is 1.19 bits per heavy atom. The van der Waals surface area contributed by atoms with Crippen LogP contribution >= 0.6 is 11.6 Å². The van der Waals surface area contributed by atoms with Gasteiger partial charge in [0.25, 0.3) is 0 Å². The van der Waals surface area contributed by atoms with Crippen molar-refractivity contribution in [3.8, 4) is 11.4 Å². The van der Waals surface area contributed by atoms with Crippen LogP contribution in [0.25, 0.3) is 11.4 Å². The van der Waals surface area contributed by atoms with E-state index in [9.17, 15) is 0 Å². The maximum Gasteiger partial charge on any atom is 0.163 e. The molecule has 5 heteroatoms. The molecule has 1 aliphatic heterocycles. The summed E-state index contributed by atoms with van der Waals surface area (Å²) in [5.41, 5.74) is 0.990. The van der Waals surface area contributed by atoms with E-state index in [1.165, 1.54) is 0 Å². The molecule has 2 aromatic rings. The predicted octanol–water partition coefficient (Wildman–Crippen LogP) is 2.94. The van der Waals surface area contributed by atoms with Gasteiger partial charge in [0, 0.05) is 30.8 Å². The van der Waals surface area contributed by atoms with Crippen molar-refractivity contribution >= 4 is 17.4 Å². The van der Waals surface area contributed by atoms with Crippen molar-refractivity contribution in [3.05, 3.63) is 41.6 Å². The average Bonchev–Trinajstić information content (AvgIpc) is 2.98. The predicted molar refractivity (Wildman–Crippen MR) is 86.8 cm³/mol. The zero-order valence-corrected chi connectivity index (χ0v) is 13.1. The number of benzene rings is 1. The van der Waals surface area contributed by atoms with Gasteiger partial charge in [-0.2, -0.15) is 0 Å². The quantitative estimate of drug-likeness (QED) is 0.816. The van der Waals surface area contributed by atoms with E-state index in [0.29, 0.717) is 17.0 Å². The van der Waals surface area contributed by atoms with Crippen LogP contribution in [0.5, 0.6) is 0 Å². The minimum atomic E-state index is 0.493. The molecule has 1 saturated heterocycles. The minimum Gasteiger partial charge on any atom is -0.355 e. The number of rotatable bonds is 3. The van der Waals surface area contributed by atoms with Crippen molar-refractivity contribution in [1.82, 2.24) is 14.9 Å². The maximum absolute atomic E-state index is 6.19. The molecule has 1 aromatic carbocycles. The Hall–Kier alpha value is -1.65. The van der Waals surface area contributed by atoms with Crippen LogP contribution in [-0.2, 0) is 0 Å². The van der Waals surface area contributed by atoms with Gasteiger partial charge in [-0.3, -0.25) is 0 Å². The van der Waals surface area contributed by atoms with Crippen molar-refractivity contribution in [1.29, 1.82) is 0 Å². The van der Waals surface area contributed by atoms with E-state index >= 15 is 0 Å². The van der Waals surface area contributed by atoms with E-state index in [-0.39, 0.29) is 0 Å². The number of hydrogen-bond acceptors (Lipinski definition) is 4. The van der Waals surface area contributed by atoms with Gasteiger partial charge in [-0.1, -0.05) is 41.9 Å². The molecule has 0 spiro atoms. The van der Waals surface area contributed by atoms with Gasteiger partial charge in [0.1, 0.15) is 11.0 Å². The largest absolute Gasteiger partial charge is 0.355 e. The SMILES string of the molecule is CN(C)C1CCN(c2cc(Cl)nc(-c3ccccc3)n2)C1. The number of anilines is 1. The highest BCUT2D eigenvalue weighted by molar-refractivity contribution is 6.29. The Bertz CT molecular complexity index is 615. The van der Waals surface area contributed by atoms with E-state index in [2.05, 4.69) is 28.9 Å². The molecule has 1 fully saturated rings. The highest BCUT2D eigenvalue weighted by atomic mass is 35.5. The first-order valence-corrected chi connectivity index (χ1v) is 7.52. The number of nitrogens with zero attached hydrogens (tertiary/aromatic N) is 4. The molecule has 2 heterocycles. The van der Waals surface area contributed by atoms with Gasteiger partial charge >= 0.3 is 0 Å². The van der Waals surface area contributed by atoms with Crippen molar-refractivity contribution in [2.75, 3.05) is 32.1 Å². The Balaban J connectivity index is 1.89. The molecule has 0 saturated carbocycles. The van der Waals surface area contributed by atoms with Crippen LogP contribution in [0.3, 0.4) is 0 Å². The van der Waals surface area contributed by atoms with Gasteiger partial charge in [0.2, 0.25) is 0 Å². The molecule has 0 aliphatic carbocycles. The summed E-state index contributed by atoms with van der Waals surface area (Å²) in [5.74, 6) is 1.60. The zero-order valence-electron chi connectivity index (χ0n) is 12.3. The molecule has 110 valence electrons. The van der Waals surface area contributed by atoms with Gasteiger partial charge in [0.05, 0.1) is 0 Å². The summed E-state index contributed by atoms with van der Waals surface area (Å²) in [5, 5.41) is 0.493.